The average Bonchev–Trinajstić information content (AvgIpc) is 3.40. The number of furan rings is 1. The maximum atomic E-state index is 13.6. The predicted molar refractivity (Wildman–Crippen MR) is 129 cm³/mol. The third-order valence-corrected chi connectivity index (χ3v) is 6.62. The molecule has 1 aliphatic heterocycles. The van der Waals surface area contributed by atoms with Crippen molar-refractivity contribution in [1.29, 1.82) is 0 Å². The Morgan fingerprint density at radius 2 is 1.78 bits per heavy atom. The highest BCUT2D eigenvalue weighted by molar-refractivity contribution is 7.99. The fourth-order valence-corrected chi connectivity index (χ4v) is 4.94. The first-order valence-corrected chi connectivity index (χ1v) is 11.5. The third kappa shape index (κ3) is 4.24. The molecule has 160 valence electrons. The van der Waals surface area contributed by atoms with Crippen LogP contribution in [0.1, 0.15) is 23.5 Å². The maximum Gasteiger partial charge on any atom is 0.174 e. The molecule has 1 fully saturated rings. The van der Waals surface area contributed by atoms with Gasteiger partial charge in [-0.2, -0.15) is 0 Å². The van der Waals surface area contributed by atoms with Crippen molar-refractivity contribution >= 4 is 46.4 Å². The summed E-state index contributed by atoms with van der Waals surface area (Å²) in [6.45, 7) is 0. The maximum absolute atomic E-state index is 13.6. The zero-order chi connectivity index (χ0) is 22.1. The number of pyridine rings is 1. The highest BCUT2D eigenvalue weighted by atomic mass is 35.5. The Kier molecular flexibility index (Phi) is 5.87. The van der Waals surface area contributed by atoms with Crippen LogP contribution in [0.15, 0.2) is 99.5 Å². The Balaban J connectivity index is 1.52. The third-order valence-electron chi connectivity index (χ3n) is 5.13. The molecule has 0 bridgehead atoms. The van der Waals surface area contributed by atoms with Crippen molar-refractivity contribution in [3.63, 3.8) is 0 Å². The number of nitrogens with one attached hydrogen (secondary N) is 1. The molecule has 2 unspecified atom stereocenters. The first-order valence-electron chi connectivity index (χ1n) is 9.88. The van der Waals surface area contributed by atoms with Crippen molar-refractivity contribution < 1.29 is 8.81 Å². The van der Waals surface area contributed by atoms with Gasteiger partial charge in [-0.15, -0.1) is 0 Å². The van der Waals surface area contributed by atoms with Crippen molar-refractivity contribution in [3.05, 3.63) is 107 Å². The SMILES string of the molecule is Fc1ccc(N2C(=S)NC(c3ccccn3)C2c2ccc(Sc3ccc(Cl)cc3)o2)cc1. The lowest BCUT2D eigenvalue weighted by Crippen LogP contribution is -2.29. The first-order chi connectivity index (χ1) is 15.6. The van der Waals surface area contributed by atoms with Crippen molar-refractivity contribution in [2.24, 2.45) is 0 Å². The number of nitrogens with zero attached hydrogens (tertiary/aromatic N) is 2. The molecule has 4 aromatic rings. The second-order valence-corrected chi connectivity index (χ2v) is 9.09. The predicted octanol–water partition coefficient (Wildman–Crippen LogP) is 6.80. The molecular formula is C24H17ClFN3OS2. The fraction of sp³-hybridized carbons (Fsp3) is 0.0833. The van der Waals surface area contributed by atoms with Crippen molar-refractivity contribution in [3.8, 4) is 0 Å². The van der Waals surface area contributed by atoms with E-state index in [-0.39, 0.29) is 17.9 Å². The van der Waals surface area contributed by atoms with E-state index in [1.165, 1.54) is 23.9 Å². The summed E-state index contributed by atoms with van der Waals surface area (Å²) in [7, 11) is 0. The quantitative estimate of drug-likeness (QED) is 0.316. The minimum atomic E-state index is -0.302. The first kappa shape index (κ1) is 21.0. The number of rotatable bonds is 5. The second-order valence-electron chi connectivity index (χ2n) is 7.19. The smallest absolute Gasteiger partial charge is 0.174 e. The lowest BCUT2D eigenvalue weighted by molar-refractivity contribution is 0.383. The fourth-order valence-electron chi connectivity index (χ4n) is 3.69. The molecule has 8 heteroatoms. The summed E-state index contributed by atoms with van der Waals surface area (Å²) in [6.07, 6.45) is 1.75. The van der Waals surface area contributed by atoms with E-state index in [9.17, 15) is 4.39 Å². The minimum absolute atomic E-state index is 0.228. The van der Waals surface area contributed by atoms with E-state index in [1.54, 1.807) is 18.3 Å². The number of hydrogen-bond donors (Lipinski definition) is 1. The summed E-state index contributed by atoms with van der Waals surface area (Å²) in [5.41, 5.74) is 1.61. The molecule has 0 aliphatic carbocycles. The summed E-state index contributed by atoms with van der Waals surface area (Å²) in [5, 5.41) is 5.33. The van der Waals surface area contributed by atoms with Crippen molar-refractivity contribution in [1.82, 2.24) is 10.3 Å². The normalized spacial score (nSPS) is 18.1. The minimum Gasteiger partial charge on any atom is -0.452 e. The van der Waals surface area contributed by atoms with Crippen LogP contribution in [0, 0.1) is 5.82 Å². The molecule has 5 rings (SSSR count). The van der Waals surface area contributed by atoms with Crippen molar-refractivity contribution in [2.75, 3.05) is 4.90 Å². The Morgan fingerprint density at radius 3 is 2.50 bits per heavy atom. The molecule has 3 heterocycles. The largest absolute Gasteiger partial charge is 0.452 e. The van der Waals surface area contributed by atoms with Gasteiger partial charge >= 0.3 is 0 Å². The van der Waals surface area contributed by atoms with Gasteiger partial charge < -0.3 is 14.6 Å². The molecule has 1 N–H and O–H groups in total. The molecule has 0 saturated carbocycles. The van der Waals surface area contributed by atoms with Gasteiger partial charge in [-0.25, -0.2) is 4.39 Å². The Labute approximate surface area is 199 Å². The summed E-state index contributed by atoms with van der Waals surface area (Å²) >= 11 is 13.2. The number of halogens is 2. The molecule has 1 aliphatic rings. The summed E-state index contributed by atoms with van der Waals surface area (Å²) in [6, 6.07) is 23.0. The van der Waals surface area contributed by atoms with Gasteiger partial charge in [-0.3, -0.25) is 4.98 Å². The summed E-state index contributed by atoms with van der Waals surface area (Å²) in [5.74, 6) is 0.429. The molecule has 2 atom stereocenters. The van der Waals surface area contributed by atoms with Gasteiger partial charge in [0, 0.05) is 21.8 Å². The topological polar surface area (TPSA) is 41.3 Å². The van der Waals surface area contributed by atoms with Crippen LogP contribution in [0.3, 0.4) is 0 Å². The van der Waals surface area contributed by atoms with E-state index in [0.717, 1.165) is 27.1 Å². The Bertz CT molecular complexity index is 1230. The number of aromatic nitrogens is 1. The van der Waals surface area contributed by atoms with Gasteiger partial charge in [0.05, 0.1) is 11.7 Å². The number of hydrogen-bond acceptors (Lipinski definition) is 4. The zero-order valence-electron chi connectivity index (χ0n) is 16.6. The van der Waals surface area contributed by atoms with Crippen LogP contribution in [0.25, 0.3) is 0 Å². The average molecular weight is 482 g/mol. The van der Waals surface area contributed by atoms with Crippen LogP contribution in [0.5, 0.6) is 0 Å². The Morgan fingerprint density at radius 1 is 1.00 bits per heavy atom. The van der Waals surface area contributed by atoms with E-state index in [0.29, 0.717) is 10.1 Å². The molecule has 32 heavy (non-hydrogen) atoms. The van der Waals surface area contributed by atoms with E-state index in [2.05, 4.69) is 10.3 Å². The highest BCUT2D eigenvalue weighted by Crippen LogP contribution is 2.43. The van der Waals surface area contributed by atoms with Crippen molar-refractivity contribution in [2.45, 2.75) is 22.1 Å². The van der Waals surface area contributed by atoms with Crippen LogP contribution in [0.4, 0.5) is 10.1 Å². The molecule has 4 nitrogen and oxygen atoms in total. The van der Waals surface area contributed by atoms with E-state index in [1.807, 2.05) is 59.5 Å². The van der Waals surface area contributed by atoms with Gasteiger partial charge in [-0.05, 0) is 85.0 Å². The standard InChI is InChI=1S/C24H17ClFN3OS2/c25-15-4-10-18(11-5-15)32-21-13-12-20(30-21)23-22(19-3-1-2-14-27-19)28-24(31)29(23)17-8-6-16(26)7-9-17/h1-14,22-23H,(H,28,31). The van der Waals surface area contributed by atoms with E-state index >= 15 is 0 Å². The van der Waals surface area contributed by atoms with Gasteiger partial charge in [-0.1, -0.05) is 29.4 Å². The number of anilines is 1. The lowest BCUT2D eigenvalue weighted by Gasteiger charge is -2.26. The van der Waals surface area contributed by atoms with Crippen LogP contribution < -0.4 is 10.2 Å². The van der Waals surface area contributed by atoms with Gasteiger partial charge in [0.25, 0.3) is 0 Å². The van der Waals surface area contributed by atoms with Gasteiger partial charge in [0.2, 0.25) is 0 Å². The summed E-state index contributed by atoms with van der Waals surface area (Å²) < 4.78 is 19.8. The molecule has 0 spiro atoms. The lowest BCUT2D eigenvalue weighted by atomic mass is 10.0. The molecular weight excluding hydrogens is 465 g/mol. The van der Waals surface area contributed by atoms with Crippen LogP contribution in [0.2, 0.25) is 5.02 Å². The molecule has 0 radical (unpaired) electrons. The highest BCUT2D eigenvalue weighted by Gasteiger charge is 2.42. The Hall–Kier alpha value is -2.87. The number of thiocarbonyl (C=S) groups is 1. The molecule has 2 aromatic heterocycles. The van der Waals surface area contributed by atoms with Gasteiger partial charge in [0.15, 0.2) is 10.2 Å². The van der Waals surface area contributed by atoms with Crippen LogP contribution in [-0.2, 0) is 0 Å². The molecule has 0 amide bonds. The van der Waals surface area contributed by atoms with E-state index < -0.39 is 0 Å². The zero-order valence-corrected chi connectivity index (χ0v) is 19.0. The van der Waals surface area contributed by atoms with Crippen LogP contribution >= 0.6 is 35.6 Å². The summed E-state index contributed by atoms with van der Waals surface area (Å²) in [4.78, 5) is 7.50. The monoisotopic (exact) mass is 481 g/mol. The van der Waals surface area contributed by atoms with Crippen LogP contribution in [-0.4, -0.2) is 10.1 Å². The van der Waals surface area contributed by atoms with E-state index in [4.69, 9.17) is 28.2 Å². The second kappa shape index (κ2) is 8.94. The molecule has 1 saturated heterocycles. The van der Waals surface area contributed by atoms with Gasteiger partial charge in [0.1, 0.15) is 17.6 Å². The number of benzene rings is 2. The molecule has 2 aromatic carbocycles.